The van der Waals surface area contributed by atoms with E-state index in [0.717, 1.165) is 24.3 Å². The normalized spacial score (nSPS) is 11.4. The average molecular weight is 241 g/mol. The second-order valence-electron chi connectivity index (χ2n) is 2.95. The molecule has 1 heterocycles. The quantitative estimate of drug-likeness (QED) is 0.637. The second kappa shape index (κ2) is 4.70. The molecule has 0 aliphatic heterocycles. The van der Waals surface area contributed by atoms with Gasteiger partial charge >= 0.3 is 12.1 Å². The predicted molar refractivity (Wildman–Crippen MR) is 53.8 cm³/mol. The molecule has 0 atom stereocenters. The number of nitrogens with zero attached hydrogens (tertiary/aromatic N) is 1. The average Bonchev–Trinajstić information content (AvgIpc) is 2.24. The molecule has 0 aromatic carbocycles. The van der Waals surface area contributed by atoms with Gasteiger partial charge in [-0.05, 0) is 24.1 Å². The molecule has 1 aromatic rings. The highest BCUT2D eigenvalue weighted by Crippen LogP contribution is 2.28. The fraction of sp³-hybridized carbons (Fsp3) is 0.0909. The van der Waals surface area contributed by atoms with Crippen molar-refractivity contribution in [2.75, 3.05) is 0 Å². The number of carboxylic acids is 1. The first-order valence-electron chi connectivity index (χ1n) is 4.30. The molecule has 1 N–H and O–H groups in total. The van der Waals surface area contributed by atoms with Crippen LogP contribution in [0.5, 0.6) is 0 Å². The number of alkyl halides is 3. The van der Waals surface area contributed by atoms with Crippen molar-refractivity contribution in [1.29, 1.82) is 0 Å². The van der Waals surface area contributed by atoms with Crippen molar-refractivity contribution in [3.8, 4) is 12.3 Å². The number of terminal acetylenes is 1. The van der Waals surface area contributed by atoms with Crippen molar-refractivity contribution in [3.05, 3.63) is 35.2 Å². The molecular formula is C11H6F3NO2. The topological polar surface area (TPSA) is 50.2 Å². The highest BCUT2D eigenvalue weighted by molar-refractivity contribution is 5.85. The maximum atomic E-state index is 12.3. The molecule has 0 saturated heterocycles. The van der Waals surface area contributed by atoms with Crippen molar-refractivity contribution >= 4 is 12.0 Å². The van der Waals surface area contributed by atoms with Crippen molar-refractivity contribution in [2.24, 2.45) is 0 Å². The smallest absolute Gasteiger partial charge is 0.433 e. The van der Waals surface area contributed by atoms with E-state index in [0.29, 0.717) is 0 Å². The van der Waals surface area contributed by atoms with Gasteiger partial charge in [0, 0.05) is 11.6 Å². The molecular weight excluding hydrogens is 235 g/mol. The standard InChI is InChI=1S/C11H6F3NO2/c1-2-8-7(4-6-10(16)17)3-5-9(15-8)11(12,13)14/h1,3-6H,(H,16,17)/b6-4+. The Bertz CT molecular complexity index is 512. The zero-order chi connectivity index (χ0) is 13.1. The lowest BCUT2D eigenvalue weighted by Crippen LogP contribution is -2.09. The van der Waals surface area contributed by atoms with Gasteiger partial charge in [-0.3, -0.25) is 0 Å². The largest absolute Gasteiger partial charge is 0.478 e. The summed E-state index contributed by atoms with van der Waals surface area (Å²) in [5, 5.41) is 8.38. The summed E-state index contributed by atoms with van der Waals surface area (Å²) in [6.45, 7) is 0. The highest BCUT2D eigenvalue weighted by atomic mass is 19.4. The van der Waals surface area contributed by atoms with E-state index >= 15 is 0 Å². The number of rotatable bonds is 2. The molecule has 0 aliphatic rings. The van der Waals surface area contributed by atoms with Crippen LogP contribution >= 0.6 is 0 Å². The lowest BCUT2D eigenvalue weighted by molar-refractivity contribution is -0.141. The van der Waals surface area contributed by atoms with E-state index in [1.807, 2.05) is 5.92 Å². The maximum Gasteiger partial charge on any atom is 0.433 e. The Hall–Kier alpha value is -2.29. The van der Waals surface area contributed by atoms with Crippen LogP contribution in [0.4, 0.5) is 13.2 Å². The van der Waals surface area contributed by atoms with E-state index in [2.05, 4.69) is 4.98 Å². The maximum absolute atomic E-state index is 12.3. The van der Waals surface area contributed by atoms with Gasteiger partial charge in [-0.25, -0.2) is 9.78 Å². The third kappa shape index (κ3) is 3.34. The van der Waals surface area contributed by atoms with Crippen LogP contribution in [0.1, 0.15) is 17.0 Å². The fourth-order valence-corrected chi connectivity index (χ4v) is 1.04. The summed E-state index contributed by atoms with van der Waals surface area (Å²) in [6, 6.07) is 1.81. The van der Waals surface area contributed by atoms with Gasteiger partial charge < -0.3 is 5.11 Å². The summed E-state index contributed by atoms with van der Waals surface area (Å²) in [6.07, 6.45) is 2.28. The van der Waals surface area contributed by atoms with Crippen LogP contribution in [-0.2, 0) is 11.0 Å². The highest BCUT2D eigenvalue weighted by Gasteiger charge is 2.32. The van der Waals surface area contributed by atoms with Gasteiger partial charge in [0.15, 0.2) is 0 Å². The Morgan fingerprint density at radius 2 is 2.12 bits per heavy atom. The molecule has 1 rings (SSSR count). The molecule has 17 heavy (non-hydrogen) atoms. The van der Waals surface area contributed by atoms with Gasteiger partial charge in [-0.2, -0.15) is 13.2 Å². The van der Waals surface area contributed by atoms with Crippen LogP contribution in [0.25, 0.3) is 6.08 Å². The molecule has 0 unspecified atom stereocenters. The van der Waals surface area contributed by atoms with E-state index < -0.39 is 17.8 Å². The van der Waals surface area contributed by atoms with Crippen molar-refractivity contribution in [1.82, 2.24) is 4.98 Å². The molecule has 0 saturated carbocycles. The van der Waals surface area contributed by atoms with Gasteiger partial charge in [0.05, 0.1) is 0 Å². The van der Waals surface area contributed by atoms with E-state index in [4.69, 9.17) is 11.5 Å². The van der Waals surface area contributed by atoms with Gasteiger partial charge in [-0.15, -0.1) is 6.42 Å². The zero-order valence-corrected chi connectivity index (χ0v) is 8.32. The Kier molecular flexibility index (Phi) is 3.53. The Labute approximate surface area is 94.6 Å². The van der Waals surface area contributed by atoms with Gasteiger partial charge in [0.25, 0.3) is 0 Å². The van der Waals surface area contributed by atoms with Crippen LogP contribution < -0.4 is 0 Å². The van der Waals surface area contributed by atoms with Crippen LogP contribution in [-0.4, -0.2) is 16.1 Å². The fourth-order valence-electron chi connectivity index (χ4n) is 1.04. The van der Waals surface area contributed by atoms with Crippen molar-refractivity contribution in [3.63, 3.8) is 0 Å². The number of carboxylic acid groups (broad SMARTS) is 1. The van der Waals surface area contributed by atoms with E-state index in [1.165, 1.54) is 0 Å². The van der Waals surface area contributed by atoms with E-state index in [1.54, 1.807) is 0 Å². The minimum Gasteiger partial charge on any atom is -0.478 e. The summed E-state index contributed by atoms with van der Waals surface area (Å²) in [5.41, 5.74) is -1.22. The van der Waals surface area contributed by atoms with Crippen LogP contribution in [0.2, 0.25) is 0 Å². The third-order valence-corrected chi connectivity index (χ3v) is 1.76. The van der Waals surface area contributed by atoms with Gasteiger partial charge in [0.1, 0.15) is 11.4 Å². The molecule has 88 valence electrons. The third-order valence-electron chi connectivity index (χ3n) is 1.76. The predicted octanol–water partition coefficient (Wildman–Crippen LogP) is 2.18. The molecule has 3 nitrogen and oxygen atoms in total. The molecule has 0 fully saturated rings. The second-order valence-corrected chi connectivity index (χ2v) is 2.95. The first kappa shape index (κ1) is 12.8. The zero-order valence-electron chi connectivity index (χ0n) is 8.32. The molecule has 6 heteroatoms. The summed E-state index contributed by atoms with van der Waals surface area (Å²) in [7, 11) is 0. The number of hydrogen-bond donors (Lipinski definition) is 1. The lowest BCUT2D eigenvalue weighted by Gasteiger charge is -2.07. The summed E-state index contributed by atoms with van der Waals surface area (Å²) in [4.78, 5) is 13.5. The first-order valence-corrected chi connectivity index (χ1v) is 4.30. The number of carbonyl (C=O) groups is 1. The lowest BCUT2D eigenvalue weighted by atomic mass is 10.1. The summed E-state index contributed by atoms with van der Waals surface area (Å²) >= 11 is 0. The Morgan fingerprint density at radius 1 is 1.47 bits per heavy atom. The summed E-state index contributed by atoms with van der Waals surface area (Å²) in [5.74, 6) is 0.748. The first-order chi connectivity index (χ1) is 7.84. The SMILES string of the molecule is C#Cc1nc(C(F)(F)F)ccc1/C=C/C(=O)O. The minimum atomic E-state index is -4.58. The summed E-state index contributed by atoms with van der Waals surface area (Å²) < 4.78 is 36.9. The van der Waals surface area contributed by atoms with E-state index in [9.17, 15) is 18.0 Å². The minimum absolute atomic E-state index is 0.142. The van der Waals surface area contributed by atoms with E-state index in [-0.39, 0.29) is 11.3 Å². The van der Waals surface area contributed by atoms with Crippen LogP contribution in [0, 0.1) is 12.3 Å². The molecule has 0 bridgehead atoms. The molecule has 0 aliphatic carbocycles. The van der Waals surface area contributed by atoms with Crippen molar-refractivity contribution in [2.45, 2.75) is 6.18 Å². The number of aliphatic carboxylic acids is 1. The number of pyridine rings is 1. The molecule has 0 radical (unpaired) electrons. The molecule has 1 aromatic heterocycles. The Morgan fingerprint density at radius 3 is 2.59 bits per heavy atom. The van der Waals surface area contributed by atoms with Gasteiger partial charge in [0.2, 0.25) is 0 Å². The Balaban J connectivity index is 3.20. The number of halogens is 3. The van der Waals surface area contributed by atoms with Crippen LogP contribution in [0.3, 0.4) is 0 Å². The number of hydrogen-bond acceptors (Lipinski definition) is 2. The van der Waals surface area contributed by atoms with Crippen molar-refractivity contribution < 1.29 is 23.1 Å². The molecule has 0 spiro atoms. The van der Waals surface area contributed by atoms with Crippen LogP contribution in [0.15, 0.2) is 18.2 Å². The molecule has 0 amide bonds. The van der Waals surface area contributed by atoms with Gasteiger partial charge in [-0.1, -0.05) is 0 Å². The monoisotopic (exact) mass is 241 g/mol. The number of aromatic nitrogens is 1.